The number of hydrogen-bond acceptors (Lipinski definition) is 3. The summed E-state index contributed by atoms with van der Waals surface area (Å²) < 4.78 is 5.21. The lowest BCUT2D eigenvalue weighted by Crippen LogP contribution is -2.02. The summed E-state index contributed by atoms with van der Waals surface area (Å²) in [5.41, 5.74) is 0.906. The Morgan fingerprint density at radius 1 is 1.00 bits per heavy atom. The van der Waals surface area contributed by atoms with E-state index in [2.05, 4.69) is 0 Å². The second-order valence-corrected chi connectivity index (χ2v) is 4.56. The van der Waals surface area contributed by atoms with Crippen LogP contribution in [0.4, 0.5) is 0 Å². The maximum absolute atomic E-state index is 12.0. The zero-order chi connectivity index (χ0) is 13.4. The van der Waals surface area contributed by atoms with Crippen molar-refractivity contribution in [1.82, 2.24) is 0 Å². The van der Waals surface area contributed by atoms with Gasteiger partial charge in [0.05, 0.1) is 5.56 Å². The average molecular weight is 273 g/mol. The Hall–Kier alpha value is -2.26. The number of aromatic hydroxyl groups is 1. The Morgan fingerprint density at radius 2 is 1.79 bits per heavy atom. The minimum atomic E-state index is -0.480. The quantitative estimate of drug-likeness (QED) is 0.685. The molecule has 3 aromatic rings. The third-order valence-corrected chi connectivity index (χ3v) is 3.21. The molecule has 0 bridgehead atoms. The van der Waals surface area contributed by atoms with Crippen molar-refractivity contribution in [2.75, 3.05) is 0 Å². The number of halogens is 1. The van der Waals surface area contributed by atoms with E-state index in [1.165, 1.54) is 6.07 Å². The molecule has 0 fully saturated rings. The van der Waals surface area contributed by atoms with E-state index in [0.29, 0.717) is 21.7 Å². The van der Waals surface area contributed by atoms with Crippen LogP contribution in [-0.4, -0.2) is 5.11 Å². The predicted molar refractivity (Wildman–Crippen MR) is 74.6 cm³/mol. The first kappa shape index (κ1) is 11.8. The van der Waals surface area contributed by atoms with E-state index < -0.39 is 5.63 Å². The molecule has 0 saturated carbocycles. The van der Waals surface area contributed by atoms with E-state index >= 15 is 0 Å². The highest BCUT2D eigenvalue weighted by atomic mass is 35.5. The van der Waals surface area contributed by atoms with Gasteiger partial charge >= 0.3 is 5.63 Å². The van der Waals surface area contributed by atoms with Crippen molar-refractivity contribution < 1.29 is 9.52 Å². The van der Waals surface area contributed by atoms with Crippen LogP contribution in [0.15, 0.2) is 57.7 Å². The normalized spacial score (nSPS) is 10.8. The second kappa shape index (κ2) is 4.44. The van der Waals surface area contributed by atoms with Gasteiger partial charge in [-0.15, -0.1) is 0 Å². The van der Waals surface area contributed by atoms with Crippen LogP contribution < -0.4 is 5.63 Å². The molecule has 0 atom stereocenters. The van der Waals surface area contributed by atoms with E-state index in [9.17, 15) is 9.90 Å². The molecule has 0 amide bonds. The maximum Gasteiger partial charge on any atom is 0.344 e. The predicted octanol–water partition coefficient (Wildman–Crippen LogP) is 3.82. The first-order valence-corrected chi connectivity index (χ1v) is 6.05. The lowest BCUT2D eigenvalue weighted by atomic mass is 10.1. The lowest BCUT2D eigenvalue weighted by Gasteiger charge is -2.04. The van der Waals surface area contributed by atoms with E-state index in [0.717, 1.165) is 5.39 Å². The Kier molecular flexibility index (Phi) is 2.76. The Balaban J connectivity index is 2.31. The number of hydrogen-bond donors (Lipinski definition) is 1. The molecule has 3 rings (SSSR count). The van der Waals surface area contributed by atoms with Crippen molar-refractivity contribution in [3.63, 3.8) is 0 Å². The van der Waals surface area contributed by atoms with Crippen molar-refractivity contribution in [2.45, 2.75) is 0 Å². The Bertz CT molecular complexity index is 821. The lowest BCUT2D eigenvalue weighted by molar-refractivity contribution is 0.473. The minimum absolute atomic E-state index is 0.0566. The summed E-state index contributed by atoms with van der Waals surface area (Å²) in [4.78, 5) is 12.0. The summed E-state index contributed by atoms with van der Waals surface area (Å²) in [5.74, 6) is 0.0566. The molecule has 1 aromatic heterocycles. The molecule has 1 heterocycles. The van der Waals surface area contributed by atoms with Crippen molar-refractivity contribution in [3.05, 3.63) is 64.0 Å². The number of phenols is 1. The van der Waals surface area contributed by atoms with Gasteiger partial charge in [0, 0.05) is 22.0 Å². The van der Waals surface area contributed by atoms with Crippen LogP contribution in [0.2, 0.25) is 5.02 Å². The van der Waals surface area contributed by atoms with Crippen LogP contribution in [0, 0.1) is 0 Å². The van der Waals surface area contributed by atoms with E-state index in [1.807, 2.05) is 6.07 Å². The fourth-order valence-electron chi connectivity index (χ4n) is 1.97. The molecule has 0 saturated heterocycles. The molecule has 94 valence electrons. The molecule has 0 radical (unpaired) electrons. The molecule has 0 spiro atoms. The molecule has 19 heavy (non-hydrogen) atoms. The van der Waals surface area contributed by atoms with Crippen molar-refractivity contribution >= 4 is 22.6 Å². The van der Waals surface area contributed by atoms with Crippen LogP contribution >= 0.6 is 11.6 Å². The fourth-order valence-corrected chi connectivity index (χ4v) is 2.20. The zero-order valence-corrected chi connectivity index (χ0v) is 10.5. The Morgan fingerprint density at radius 3 is 2.58 bits per heavy atom. The largest absolute Gasteiger partial charge is 0.508 e. The van der Waals surface area contributed by atoms with Crippen LogP contribution in [0.25, 0.3) is 22.1 Å². The summed E-state index contributed by atoms with van der Waals surface area (Å²) >= 11 is 6.09. The van der Waals surface area contributed by atoms with Gasteiger partial charge in [0.1, 0.15) is 11.3 Å². The number of rotatable bonds is 1. The Labute approximate surface area is 113 Å². The molecule has 0 aliphatic rings. The molecule has 4 heteroatoms. The molecule has 0 aliphatic heterocycles. The number of fused-ring (bicyclic) bond motifs is 1. The monoisotopic (exact) mass is 272 g/mol. The first-order valence-electron chi connectivity index (χ1n) is 5.67. The number of phenolic OH excluding ortho intramolecular Hbond substituents is 1. The van der Waals surface area contributed by atoms with Gasteiger partial charge in [-0.1, -0.05) is 29.8 Å². The van der Waals surface area contributed by atoms with Gasteiger partial charge in [-0.25, -0.2) is 4.79 Å². The second-order valence-electron chi connectivity index (χ2n) is 4.15. The highest BCUT2D eigenvalue weighted by Gasteiger charge is 2.10. The number of benzene rings is 2. The fraction of sp³-hybridized carbons (Fsp3) is 0. The summed E-state index contributed by atoms with van der Waals surface area (Å²) in [6.07, 6.45) is 0. The molecule has 3 nitrogen and oxygen atoms in total. The van der Waals surface area contributed by atoms with Gasteiger partial charge < -0.3 is 9.52 Å². The van der Waals surface area contributed by atoms with E-state index in [-0.39, 0.29) is 5.75 Å². The maximum atomic E-state index is 12.0. The van der Waals surface area contributed by atoms with Gasteiger partial charge in [0.15, 0.2) is 0 Å². The highest BCUT2D eigenvalue weighted by molar-refractivity contribution is 6.33. The van der Waals surface area contributed by atoms with Gasteiger partial charge in [-0.2, -0.15) is 0 Å². The van der Waals surface area contributed by atoms with Crippen LogP contribution in [0.3, 0.4) is 0 Å². The summed E-state index contributed by atoms with van der Waals surface area (Å²) in [5, 5.41) is 10.6. The van der Waals surface area contributed by atoms with Crippen molar-refractivity contribution in [1.29, 1.82) is 0 Å². The molecular weight excluding hydrogens is 264 g/mol. The molecule has 0 aliphatic carbocycles. The van der Waals surface area contributed by atoms with Crippen LogP contribution in [-0.2, 0) is 0 Å². The summed E-state index contributed by atoms with van der Waals surface area (Å²) in [6.45, 7) is 0. The van der Waals surface area contributed by atoms with Gasteiger partial charge in [0.2, 0.25) is 0 Å². The minimum Gasteiger partial charge on any atom is -0.508 e. The van der Waals surface area contributed by atoms with Gasteiger partial charge in [-0.05, 0) is 24.3 Å². The topological polar surface area (TPSA) is 50.4 Å². The molecule has 0 unspecified atom stereocenters. The summed E-state index contributed by atoms with van der Waals surface area (Å²) in [6, 6.07) is 13.4. The van der Waals surface area contributed by atoms with E-state index in [1.54, 1.807) is 36.4 Å². The first-order chi connectivity index (χ1) is 9.15. The standard InChI is InChI=1S/C15H9ClO3/c16-13-4-2-1-3-11(13)12-7-9-5-6-10(17)8-14(9)19-15(12)18/h1-8,17H. The SMILES string of the molecule is O=c1oc2cc(O)ccc2cc1-c1ccccc1Cl. The van der Waals surface area contributed by atoms with Gasteiger partial charge in [-0.3, -0.25) is 0 Å². The van der Waals surface area contributed by atoms with Gasteiger partial charge in [0.25, 0.3) is 0 Å². The third-order valence-electron chi connectivity index (χ3n) is 2.88. The molecule has 2 aromatic carbocycles. The smallest absolute Gasteiger partial charge is 0.344 e. The highest BCUT2D eigenvalue weighted by Crippen LogP contribution is 2.28. The van der Waals surface area contributed by atoms with Crippen molar-refractivity contribution in [3.8, 4) is 16.9 Å². The van der Waals surface area contributed by atoms with Crippen LogP contribution in [0.1, 0.15) is 0 Å². The average Bonchev–Trinajstić information content (AvgIpc) is 2.39. The molecule has 1 N–H and O–H groups in total. The van der Waals surface area contributed by atoms with Crippen LogP contribution in [0.5, 0.6) is 5.75 Å². The summed E-state index contributed by atoms with van der Waals surface area (Å²) in [7, 11) is 0. The molecular formula is C15H9ClO3. The van der Waals surface area contributed by atoms with Crippen molar-refractivity contribution in [2.24, 2.45) is 0 Å². The zero-order valence-electron chi connectivity index (χ0n) is 9.76. The third kappa shape index (κ3) is 2.09. The van der Waals surface area contributed by atoms with E-state index in [4.69, 9.17) is 16.0 Å².